The lowest BCUT2D eigenvalue weighted by Crippen LogP contribution is -2.44. The first-order valence-electron chi connectivity index (χ1n) is 9.66. The molecule has 0 radical (unpaired) electrons. The van der Waals surface area contributed by atoms with Gasteiger partial charge in [0.15, 0.2) is 0 Å². The molecule has 1 aromatic heterocycles. The second kappa shape index (κ2) is 8.59. The summed E-state index contributed by atoms with van der Waals surface area (Å²) in [6.07, 6.45) is 0.271. The Morgan fingerprint density at radius 2 is 1.90 bits per heavy atom. The summed E-state index contributed by atoms with van der Waals surface area (Å²) < 4.78 is 0. The summed E-state index contributed by atoms with van der Waals surface area (Å²) in [4.78, 5) is 28.3. The highest BCUT2D eigenvalue weighted by Gasteiger charge is 2.29. The van der Waals surface area contributed by atoms with Crippen LogP contribution < -0.4 is 15.5 Å². The second-order valence-corrected chi connectivity index (χ2v) is 8.10. The van der Waals surface area contributed by atoms with Crippen LogP contribution in [0.25, 0.3) is 0 Å². The number of para-hydroxylation sites is 2. The monoisotopic (exact) mass is 405 g/mol. The molecular formula is C23H23N3O2S. The predicted octanol–water partition coefficient (Wildman–Crippen LogP) is 4.19. The zero-order chi connectivity index (χ0) is 20.2. The lowest BCUT2D eigenvalue weighted by atomic mass is 10.1. The second-order valence-electron chi connectivity index (χ2n) is 7.12. The molecule has 2 aromatic carbocycles. The summed E-state index contributed by atoms with van der Waals surface area (Å²) >= 11 is 1.66. The van der Waals surface area contributed by atoms with Crippen molar-refractivity contribution in [2.24, 2.45) is 0 Å². The molecule has 148 valence electrons. The van der Waals surface area contributed by atoms with Gasteiger partial charge in [-0.15, -0.1) is 11.3 Å². The molecule has 29 heavy (non-hydrogen) atoms. The van der Waals surface area contributed by atoms with Gasteiger partial charge in [-0.05, 0) is 36.1 Å². The zero-order valence-electron chi connectivity index (χ0n) is 16.2. The standard InChI is InChI=1S/C23H23N3O2S/c1-16-14-21(27)25-18-10-5-6-11-19(18)26(16)22(28)15-24-23(20-12-7-13-29-20)17-8-3-2-4-9-17/h2-13,16,23-24H,14-15H2,1H3,(H,25,27). The fourth-order valence-corrected chi connectivity index (χ4v) is 4.55. The molecule has 1 aliphatic rings. The quantitative estimate of drug-likeness (QED) is 0.669. The fourth-order valence-electron chi connectivity index (χ4n) is 3.73. The van der Waals surface area contributed by atoms with Gasteiger partial charge in [0, 0.05) is 17.3 Å². The van der Waals surface area contributed by atoms with Gasteiger partial charge in [0.1, 0.15) is 0 Å². The van der Waals surface area contributed by atoms with Crippen molar-refractivity contribution in [2.75, 3.05) is 16.8 Å². The predicted molar refractivity (Wildman–Crippen MR) is 117 cm³/mol. The van der Waals surface area contributed by atoms with Crippen LogP contribution in [0.4, 0.5) is 11.4 Å². The third-order valence-corrected chi connectivity index (χ3v) is 5.98. The van der Waals surface area contributed by atoms with Crippen molar-refractivity contribution in [3.05, 3.63) is 82.6 Å². The Hall–Kier alpha value is -2.96. The van der Waals surface area contributed by atoms with Crippen LogP contribution in [-0.2, 0) is 9.59 Å². The molecule has 2 N–H and O–H groups in total. The molecule has 0 aliphatic carbocycles. The fraction of sp³-hybridized carbons (Fsp3) is 0.217. The molecule has 0 bridgehead atoms. The van der Waals surface area contributed by atoms with Crippen molar-refractivity contribution < 1.29 is 9.59 Å². The summed E-state index contributed by atoms with van der Waals surface area (Å²) in [5, 5.41) is 8.37. The molecule has 1 aliphatic heterocycles. The maximum absolute atomic E-state index is 13.3. The first-order chi connectivity index (χ1) is 14.1. The Morgan fingerprint density at radius 1 is 1.14 bits per heavy atom. The minimum Gasteiger partial charge on any atom is -0.324 e. The highest BCUT2D eigenvalue weighted by Crippen LogP contribution is 2.31. The third kappa shape index (κ3) is 4.23. The molecule has 4 rings (SSSR count). The van der Waals surface area contributed by atoms with Crippen LogP contribution in [0.3, 0.4) is 0 Å². The van der Waals surface area contributed by atoms with Crippen LogP contribution in [0.2, 0.25) is 0 Å². The van der Waals surface area contributed by atoms with Gasteiger partial charge in [-0.25, -0.2) is 0 Å². The smallest absolute Gasteiger partial charge is 0.241 e. The van der Waals surface area contributed by atoms with E-state index in [9.17, 15) is 9.59 Å². The van der Waals surface area contributed by atoms with Crippen molar-refractivity contribution in [1.29, 1.82) is 0 Å². The van der Waals surface area contributed by atoms with E-state index >= 15 is 0 Å². The summed E-state index contributed by atoms with van der Waals surface area (Å²) in [5.74, 6) is -0.132. The first-order valence-corrected chi connectivity index (χ1v) is 10.5. The number of hydrogen-bond donors (Lipinski definition) is 2. The maximum atomic E-state index is 13.3. The molecule has 2 amide bonds. The Kier molecular flexibility index (Phi) is 5.74. The van der Waals surface area contributed by atoms with Gasteiger partial charge in [0.2, 0.25) is 11.8 Å². The highest BCUT2D eigenvalue weighted by atomic mass is 32.1. The largest absolute Gasteiger partial charge is 0.324 e. The van der Waals surface area contributed by atoms with E-state index in [0.717, 1.165) is 16.1 Å². The molecule has 0 spiro atoms. The van der Waals surface area contributed by atoms with Crippen LogP contribution in [0.15, 0.2) is 72.1 Å². The van der Waals surface area contributed by atoms with E-state index in [1.54, 1.807) is 16.2 Å². The molecule has 2 unspecified atom stereocenters. The summed E-state index contributed by atoms with van der Waals surface area (Å²) in [6, 6.07) is 21.4. The molecule has 0 fully saturated rings. The number of amides is 2. The molecule has 0 saturated carbocycles. The molecule has 3 aromatic rings. The Labute approximate surface area is 174 Å². The number of nitrogens with zero attached hydrogens (tertiary/aromatic N) is 1. The lowest BCUT2D eigenvalue weighted by molar-refractivity contribution is -0.118. The molecule has 2 heterocycles. The van der Waals surface area contributed by atoms with Crippen molar-refractivity contribution in [2.45, 2.75) is 25.4 Å². The number of fused-ring (bicyclic) bond motifs is 1. The van der Waals surface area contributed by atoms with Gasteiger partial charge in [-0.1, -0.05) is 48.5 Å². The normalized spacial score (nSPS) is 17.2. The van der Waals surface area contributed by atoms with Crippen molar-refractivity contribution in [3.63, 3.8) is 0 Å². The third-order valence-electron chi connectivity index (χ3n) is 5.05. The molecular weight excluding hydrogens is 382 g/mol. The van der Waals surface area contributed by atoms with Crippen molar-refractivity contribution >= 4 is 34.5 Å². The van der Waals surface area contributed by atoms with E-state index < -0.39 is 0 Å². The van der Waals surface area contributed by atoms with E-state index in [0.29, 0.717) is 5.69 Å². The number of carbonyl (C=O) groups excluding carboxylic acids is 2. The maximum Gasteiger partial charge on any atom is 0.241 e. The zero-order valence-corrected chi connectivity index (χ0v) is 17.0. The molecule has 0 saturated heterocycles. The van der Waals surface area contributed by atoms with Crippen LogP contribution in [0, 0.1) is 0 Å². The van der Waals surface area contributed by atoms with Gasteiger partial charge in [0.25, 0.3) is 0 Å². The number of nitrogens with one attached hydrogen (secondary N) is 2. The lowest BCUT2D eigenvalue weighted by Gasteiger charge is -2.29. The Bertz CT molecular complexity index is 988. The number of hydrogen-bond acceptors (Lipinski definition) is 4. The highest BCUT2D eigenvalue weighted by molar-refractivity contribution is 7.10. The van der Waals surface area contributed by atoms with Gasteiger partial charge in [0.05, 0.1) is 24.0 Å². The van der Waals surface area contributed by atoms with Crippen molar-refractivity contribution in [3.8, 4) is 0 Å². The Morgan fingerprint density at radius 3 is 2.66 bits per heavy atom. The van der Waals surface area contributed by atoms with Gasteiger partial charge < -0.3 is 10.2 Å². The number of benzene rings is 2. The van der Waals surface area contributed by atoms with Crippen LogP contribution >= 0.6 is 11.3 Å². The topological polar surface area (TPSA) is 61.4 Å². The first kappa shape index (κ1) is 19.4. The minimum absolute atomic E-state index is 0.0565. The SMILES string of the molecule is CC1CC(=O)Nc2ccccc2N1C(=O)CNC(c1ccccc1)c1cccs1. The molecule has 5 nitrogen and oxygen atoms in total. The van der Waals surface area contributed by atoms with E-state index in [1.165, 1.54) is 0 Å². The van der Waals surface area contributed by atoms with Gasteiger partial charge in [-0.3, -0.25) is 14.9 Å². The number of rotatable bonds is 5. The van der Waals surface area contributed by atoms with E-state index in [2.05, 4.69) is 28.8 Å². The Balaban J connectivity index is 1.57. The van der Waals surface area contributed by atoms with Crippen LogP contribution in [-0.4, -0.2) is 24.4 Å². The van der Waals surface area contributed by atoms with E-state index in [-0.39, 0.29) is 36.9 Å². The van der Waals surface area contributed by atoms with Crippen LogP contribution in [0.1, 0.15) is 29.8 Å². The summed E-state index contributed by atoms with van der Waals surface area (Å²) in [7, 11) is 0. The number of anilines is 2. The van der Waals surface area contributed by atoms with Gasteiger partial charge in [-0.2, -0.15) is 0 Å². The number of thiophene rings is 1. The average molecular weight is 406 g/mol. The van der Waals surface area contributed by atoms with Crippen molar-refractivity contribution in [1.82, 2.24) is 5.32 Å². The molecule has 6 heteroatoms. The minimum atomic E-state index is -0.218. The van der Waals surface area contributed by atoms with E-state index in [1.807, 2.05) is 60.8 Å². The number of carbonyl (C=O) groups is 2. The molecule has 2 atom stereocenters. The summed E-state index contributed by atoms with van der Waals surface area (Å²) in [6.45, 7) is 2.08. The van der Waals surface area contributed by atoms with E-state index in [4.69, 9.17) is 0 Å². The van der Waals surface area contributed by atoms with Crippen LogP contribution in [0.5, 0.6) is 0 Å². The average Bonchev–Trinajstić information content (AvgIpc) is 3.20. The summed E-state index contributed by atoms with van der Waals surface area (Å²) in [5.41, 5.74) is 2.53. The van der Waals surface area contributed by atoms with Gasteiger partial charge >= 0.3 is 0 Å².